The van der Waals surface area contributed by atoms with Gasteiger partial charge in [-0.2, -0.15) is 5.26 Å². The molecule has 49 nitrogen and oxygen atoms in total. The van der Waals surface area contributed by atoms with E-state index in [-0.39, 0.29) is 209 Å². The molecule has 0 radical (unpaired) electrons. The predicted octanol–water partition coefficient (Wildman–Crippen LogP) is -1.86. The van der Waals surface area contributed by atoms with Gasteiger partial charge in [-0.1, -0.05) is 0 Å². The second kappa shape index (κ2) is 66.2. The molecule has 3 aliphatic heterocycles. The molecule has 132 heavy (non-hydrogen) atoms. The van der Waals surface area contributed by atoms with E-state index in [1.807, 2.05) is 27.7 Å². The molecule has 3 saturated heterocycles. The van der Waals surface area contributed by atoms with E-state index < -0.39 is 214 Å². The van der Waals surface area contributed by atoms with Crippen LogP contribution in [0, 0.1) is 11.3 Å². The second-order valence-corrected chi connectivity index (χ2v) is 31.8. The molecule has 8 amide bonds. The lowest BCUT2D eigenvalue weighted by Gasteiger charge is -2.44. The molecule has 3 aliphatic rings. The van der Waals surface area contributed by atoms with Crippen molar-refractivity contribution in [2.75, 3.05) is 172 Å². The fourth-order valence-electron chi connectivity index (χ4n) is 13.1. The third kappa shape index (κ3) is 50.2. The van der Waals surface area contributed by atoms with Crippen LogP contribution in [0.4, 0.5) is 0 Å². The zero-order valence-corrected chi connectivity index (χ0v) is 78.7. The fraction of sp³-hybridized carbons (Fsp3) is 0.793. The molecule has 16 atom stereocenters. The minimum atomic E-state index is -1.52. The lowest BCUT2D eigenvalue weighted by atomic mass is 9.96. The van der Waals surface area contributed by atoms with Crippen molar-refractivity contribution in [1.82, 2.24) is 47.2 Å². The van der Waals surface area contributed by atoms with Gasteiger partial charge >= 0.3 is 47.8 Å². The molecule has 0 saturated carbocycles. The maximum atomic E-state index is 14.1. The first-order valence-electron chi connectivity index (χ1n) is 43.3. The van der Waals surface area contributed by atoms with Gasteiger partial charge in [-0.05, 0) is 40.5 Å². The van der Waals surface area contributed by atoms with Gasteiger partial charge in [0.2, 0.25) is 47.3 Å². The number of carbonyl (C=O) groups is 16. The fourth-order valence-corrected chi connectivity index (χ4v) is 14.7. The van der Waals surface area contributed by atoms with Crippen molar-refractivity contribution < 1.29 is 185 Å². The summed E-state index contributed by atoms with van der Waals surface area (Å²) in [6.45, 7) is 19.0. The van der Waals surface area contributed by atoms with Gasteiger partial charge in [-0.3, -0.25) is 76.7 Å². The number of nitrogens with one attached hydrogen (secondary N) is 8. The molecule has 0 aromatic heterocycles. The Bertz CT molecular complexity index is 3620. The summed E-state index contributed by atoms with van der Waals surface area (Å²) in [5.74, 6) is -11.4. The Morgan fingerprint density at radius 1 is 0.409 bits per heavy atom. The Morgan fingerprint density at radius 3 is 1.19 bits per heavy atom. The summed E-state index contributed by atoms with van der Waals surface area (Å²) in [4.78, 5) is 203. The molecule has 3 fully saturated rings. The number of hydrogen-bond acceptors (Lipinski definition) is 41. The van der Waals surface area contributed by atoms with E-state index in [1.165, 1.54) is 27.7 Å². The summed E-state index contributed by atoms with van der Waals surface area (Å²) in [6, 6.07) is -3.03. The summed E-state index contributed by atoms with van der Waals surface area (Å²) in [5.41, 5.74) is -1.52. The molecule has 0 aromatic carbocycles. The van der Waals surface area contributed by atoms with E-state index in [9.17, 15) is 76.7 Å². The summed E-state index contributed by atoms with van der Waals surface area (Å²) >= 11 is 0. The topological polar surface area (TPSA) is 609 Å². The SMILES string of the molecule is CC(=O)NC1C(OCCOCCNC(=O)C(CCC(=O)NCCOCCOC2OC(COC(C)=O)[C@H](OC(C)=O)C(OC(C)=O)C2NC(C)=O)NC(=O)CCC(NC(=O)CCOCCOCCOCCOCCOP(OCCC#N)N(C(C)C)C(C)C)C(=O)NCCOCCOC2(NC(C)=O)COC(COC(C)=O)C(OC(C)=O)C2)OC(COC(C)=O)C(OC(C)=O)C1OC(C)=O. The quantitative estimate of drug-likeness (QED) is 0.0109. The molecule has 8 N–H and O–H groups in total. The lowest BCUT2D eigenvalue weighted by Crippen LogP contribution is -2.66. The zero-order chi connectivity index (χ0) is 98.1. The highest BCUT2D eigenvalue weighted by Crippen LogP contribution is 2.46. The lowest BCUT2D eigenvalue weighted by molar-refractivity contribution is -0.279. The van der Waals surface area contributed by atoms with Crippen LogP contribution in [-0.2, 0) is 185 Å². The number of amides is 8. The van der Waals surface area contributed by atoms with Gasteiger partial charge in [-0.25, -0.2) is 4.67 Å². The molecule has 0 spiro atoms. The van der Waals surface area contributed by atoms with Gasteiger partial charge in [0.05, 0.1) is 145 Å². The maximum Gasteiger partial charge on any atom is 0.303 e. The first-order valence-corrected chi connectivity index (χ1v) is 44.4. The van der Waals surface area contributed by atoms with Crippen molar-refractivity contribution in [3.8, 4) is 6.07 Å². The second-order valence-electron chi connectivity index (χ2n) is 30.4. The summed E-state index contributed by atoms with van der Waals surface area (Å²) in [6.07, 6.45) is -14.5. The largest absolute Gasteiger partial charge is 0.463 e. The average molecular weight is 1920 g/mol. The van der Waals surface area contributed by atoms with Crippen molar-refractivity contribution in [3.05, 3.63) is 0 Å². The van der Waals surface area contributed by atoms with Crippen LogP contribution in [0.1, 0.15) is 149 Å². The maximum absolute atomic E-state index is 14.1. The standard InChI is InChI=1S/C82H135N10O39P/c1-50(2)92(51(3)4)132(123-26-16-22-83)124-44-40-115-36-35-114-34-33-113-32-31-109-27-21-71(106)90-64(79(108)86-25-30-112-39-43-122-82(91-54(7)95)45-65(125-58(11)99)66(121-49-82)46-118-55(8)96)18-20-70(105)89-63(78(107)85-24-29-111-38-42-117-81-73(88-53(6)94)77(129-62(15)103)75(127-60(13)101)68(131-81)48-120-57(10)98)17-19-69(104)84-23-28-110-37-41-116-80-72(87-52(5)93)76(128-61(14)102)74(126-59(12)100)67(130-80)47-119-56(9)97/h50-51,63-68,72-77,80-81H,16-21,23-49H2,1-15H3,(H,84,104)(H,85,107)(H,86,108)(H,87,93)(H,88,94)(H,89,105)(H,90,106)(H,91,95)/t63?,64?,65?,66?,67?,68?,72?,73?,74-,75?,76?,77?,80?,81?,82?,132?/m0/s1. The molecule has 50 heteroatoms. The van der Waals surface area contributed by atoms with Crippen LogP contribution in [-0.4, -0.2) is 375 Å². The molecular weight excluding hydrogens is 1780 g/mol. The third-order valence-electron chi connectivity index (χ3n) is 18.4. The van der Waals surface area contributed by atoms with E-state index >= 15 is 0 Å². The Morgan fingerprint density at radius 2 is 0.780 bits per heavy atom. The van der Waals surface area contributed by atoms with Crippen molar-refractivity contribution in [3.63, 3.8) is 0 Å². The van der Waals surface area contributed by atoms with E-state index in [0.717, 1.165) is 48.5 Å². The van der Waals surface area contributed by atoms with E-state index in [2.05, 4.69) is 53.3 Å². The highest BCUT2D eigenvalue weighted by Gasteiger charge is 2.54. The normalized spacial score (nSPS) is 21.7. The number of ether oxygens (including phenoxy) is 21. The third-order valence-corrected chi connectivity index (χ3v) is 20.5. The number of nitrogens with zero attached hydrogens (tertiary/aromatic N) is 2. The van der Waals surface area contributed by atoms with Gasteiger partial charge in [-0.15, -0.1) is 0 Å². The first kappa shape index (κ1) is 117. The minimum absolute atomic E-state index is 0.0702. The predicted molar refractivity (Wildman–Crippen MR) is 452 cm³/mol. The molecule has 15 unspecified atom stereocenters. The van der Waals surface area contributed by atoms with Gasteiger partial charge in [0, 0.05) is 134 Å². The van der Waals surface area contributed by atoms with Crippen LogP contribution in [0.2, 0.25) is 0 Å². The monoisotopic (exact) mass is 1910 g/mol. The number of carbonyl (C=O) groups excluding carboxylic acids is 16. The molecule has 0 bridgehead atoms. The first-order chi connectivity index (χ1) is 62.7. The van der Waals surface area contributed by atoms with Crippen molar-refractivity contribution in [2.24, 2.45) is 0 Å². The summed E-state index contributed by atoms with van der Waals surface area (Å²) in [5, 5.41) is 30.1. The van der Waals surface area contributed by atoms with E-state index in [4.69, 9.17) is 114 Å². The Labute approximate surface area is 768 Å². The van der Waals surface area contributed by atoms with Crippen LogP contribution < -0.4 is 42.5 Å². The number of esters is 8. The van der Waals surface area contributed by atoms with Crippen molar-refractivity contribution >= 4 is 104 Å². The zero-order valence-electron chi connectivity index (χ0n) is 77.8. The van der Waals surface area contributed by atoms with E-state index in [0.29, 0.717) is 0 Å². The summed E-state index contributed by atoms with van der Waals surface area (Å²) < 4.78 is 132. The Balaban J connectivity index is 1.78. The minimum Gasteiger partial charge on any atom is -0.463 e. The van der Waals surface area contributed by atoms with Crippen LogP contribution in [0.15, 0.2) is 0 Å². The molecule has 3 heterocycles. The summed E-state index contributed by atoms with van der Waals surface area (Å²) in [7, 11) is -1.41. The average Bonchev–Trinajstić information content (AvgIpc) is 0.795. The smallest absolute Gasteiger partial charge is 0.303 e. The van der Waals surface area contributed by atoms with Crippen molar-refractivity contribution in [1.29, 1.82) is 5.26 Å². The van der Waals surface area contributed by atoms with Gasteiger partial charge < -0.3 is 151 Å². The molecule has 0 aromatic rings. The van der Waals surface area contributed by atoms with Crippen LogP contribution in [0.5, 0.6) is 0 Å². The Kier molecular flexibility index (Phi) is 58.7. The van der Waals surface area contributed by atoms with Gasteiger partial charge in [0.25, 0.3) is 8.53 Å². The van der Waals surface area contributed by atoms with E-state index in [1.54, 1.807) is 0 Å². The number of nitriles is 1. The number of hydrogen-bond donors (Lipinski definition) is 8. The van der Waals surface area contributed by atoms with Crippen LogP contribution in [0.3, 0.4) is 0 Å². The van der Waals surface area contributed by atoms with Crippen LogP contribution in [0.25, 0.3) is 0 Å². The van der Waals surface area contributed by atoms with Crippen molar-refractivity contribution in [2.45, 2.75) is 252 Å². The highest BCUT2D eigenvalue weighted by atomic mass is 31.2. The molecular formula is C82H135N10O39P. The molecule has 3 rings (SSSR count). The molecule has 752 valence electrons. The number of rotatable bonds is 67. The van der Waals surface area contributed by atoms with Gasteiger partial charge in [0.1, 0.15) is 68.4 Å². The Hall–Kier alpha value is -9.20. The highest BCUT2D eigenvalue weighted by molar-refractivity contribution is 7.44. The van der Waals surface area contributed by atoms with Crippen LogP contribution >= 0.6 is 8.53 Å². The van der Waals surface area contributed by atoms with Gasteiger partial charge in [0.15, 0.2) is 42.7 Å². The molecule has 0 aliphatic carbocycles.